The summed E-state index contributed by atoms with van der Waals surface area (Å²) >= 11 is 15.2. The fraction of sp³-hybridized carbons (Fsp3) is 0.0833. The molecule has 0 amide bonds. The number of nitrogens with one attached hydrogen (secondary N) is 1. The lowest BCUT2D eigenvalue weighted by Gasteiger charge is -2.12. The van der Waals surface area contributed by atoms with Crippen LogP contribution in [0.1, 0.15) is 5.69 Å². The second-order valence-electron chi connectivity index (χ2n) is 3.94. The van der Waals surface area contributed by atoms with E-state index in [1.807, 2.05) is 0 Å². The van der Waals surface area contributed by atoms with E-state index in [1.165, 1.54) is 12.1 Å². The zero-order chi connectivity index (χ0) is 14.9. The number of rotatable bonds is 3. The van der Waals surface area contributed by atoms with Gasteiger partial charge in [-0.15, -0.1) is 0 Å². The molecule has 106 valence electrons. The number of halogens is 3. The van der Waals surface area contributed by atoms with Gasteiger partial charge in [0.05, 0.1) is 21.4 Å². The Morgan fingerprint density at radius 1 is 1.25 bits per heavy atom. The summed E-state index contributed by atoms with van der Waals surface area (Å²) in [6.07, 6.45) is 1.58. The normalized spacial score (nSPS) is 11.4. The van der Waals surface area contributed by atoms with E-state index in [0.29, 0.717) is 15.9 Å². The van der Waals surface area contributed by atoms with Gasteiger partial charge in [0, 0.05) is 10.7 Å². The van der Waals surface area contributed by atoms with Crippen molar-refractivity contribution in [1.82, 2.24) is 4.98 Å². The first-order chi connectivity index (χ1) is 9.31. The van der Waals surface area contributed by atoms with Crippen LogP contribution in [0.25, 0.3) is 0 Å². The molecule has 0 spiro atoms. The summed E-state index contributed by atoms with van der Waals surface area (Å²) in [7, 11) is -3.89. The number of nitrogens with zero attached hydrogens (tertiary/aromatic N) is 1. The predicted molar refractivity (Wildman–Crippen MR) is 83.9 cm³/mol. The Hall–Kier alpha value is -0.820. The maximum Gasteiger partial charge on any atom is 0.264 e. The van der Waals surface area contributed by atoms with Crippen molar-refractivity contribution in [3.8, 4) is 0 Å². The van der Waals surface area contributed by atoms with Crippen LogP contribution in [0.15, 0.2) is 39.8 Å². The summed E-state index contributed by atoms with van der Waals surface area (Å²) < 4.78 is 27.8. The number of aryl methyl sites for hydroxylation is 1. The highest BCUT2D eigenvalue weighted by Crippen LogP contribution is 2.34. The highest BCUT2D eigenvalue weighted by molar-refractivity contribution is 9.10. The van der Waals surface area contributed by atoms with Crippen LogP contribution in [0.4, 0.5) is 5.69 Å². The Labute approximate surface area is 135 Å². The molecule has 0 saturated carbocycles. The predicted octanol–water partition coefficient (Wildman–Crippen LogP) is 4.26. The molecule has 0 bridgehead atoms. The van der Waals surface area contributed by atoms with Crippen LogP contribution < -0.4 is 4.72 Å². The van der Waals surface area contributed by atoms with Gasteiger partial charge in [-0.25, -0.2) is 8.42 Å². The van der Waals surface area contributed by atoms with Crippen molar-refractivity contribution < 1.29 is 8.42 Å². The highest BCUT2D eigenvalue weighted by Gasteiger charge is 2.23. The van der Waals surface area contributed by atoms with Crippen molar-refractivity contribution in [2.45, 2.75) is 11.8 Å². The standard InChI is InChI=1S/C12H9BrCl2N2O2S/c1-7-11(3-2-4-16-7)17-20(18,19)12-9(14)5-8(13)6-10(12)15/h2-6,17H,1H3. The zero-order valence-electron chi connectivity index (χ0n) is 10.2. The molecule has 0 unspecified atom stereocenters. The van der Waals surface area contributed by atoms with E-state index in [0.717, 1.165) is 0 Å². The Morgan fingerprint density at radius 3 is 2.40 bits per heavy atom. The van der Waals surface area contributed by atoms with Gasteiger partial charge in [0.15, 0.2) is 0 Å². The third-order valence-electron chi connectivity index (χ3n) is 2.48. The molecule has 0 atom stereocenters. The molecular formula is C12H9BrCl2N2O2S. The number of aromatic nitrogens is 1. The Balaban J connectivity index is 2.50. The van der Waals surface area contributed by atoms with Crippen LogP contribution in [-0.4, -0.2) is 13.4 Å². The minimum absolute atomic E-state index is 0.0402. The van der Waals surface area contributed by atoms with Crippen molar-refractivity contribution in [2.75, 3.05) is 4.72 Å². The molecule has 8 heteroatoms. The molecule has 1 aromatic carbocycles. The van der Waals surface area contributed by atoms with Crippen LogP contribution in [0.3, 0.4) is 0 Å². The molecule has 0 aliphatic carbocycles. The van der Waals surface area contributed by atoms with Gasteiger partial charge >= 0.3 is 0 Å². The second-order valence-corrected chi connectivity index (χ2v) is 7.29. The van der Waals surface area contributed by atoms with Gasteiger partial charge in [-0.2, -0.15) is 0 Å². The Kier molecular flexibility index (Phi) is 4.59. The molecule has 1 N–H and O–H groups in total. The summed E-state index contributed by atoms with van der Waals surface area (Å²) in [4.78, 5) is 3.86. The van der Waals surface area contributed by atoms with Gasteiger partial charge in [-0.1, -0.05) is 39.1 Å². The third-order valence-corrected chi connectivity index (χ3v) is 5.23. The van der Waals surface area contributed by atoms with E-state index in [-0.39, 0.29) is 14.9 Å². The summed E-state index contributed by atoms with van der Waals surface area (Å²) in [5, 5.41) is 0.0804. The van der Waals surface area contributed by atoms with Gasteiger partial charge < -0.3 is 0 Å². The van der Waals surface area contributed by atoms with Crippen molar-refractivity contribution in [3.05, 3.63) is 50.7 Å². The molecular weight excluding hydrogens is 387 g/mol. The minimum atomic E-state index is -3.89. The van der Waals surface area contributed by atoms with E-state index in [2.05, 4.69) is 25.6 Å². The maximum atomic E-state index is 12.4. The molecule has 20 heavy (non-hydrogen) atoms. The molecule has 0 aliphatic heterocycles. The van der Waals surface area contributed by atoms with Crippen molar-refractivity contribution in [1.29, 1.82) is 0 Å². The monoisotopic (exact) mass is 394 g/mol. The van der Waals surface area contributed by atoms with E-state index in [4.69, 9.17) is 23.2 Å². The summed E-state index contributed by atoms with van der Waals surface area (Å²) in [6.45, 7) is 1.70. The first kappa shape index (κ1) is 15.6. The third kappa shape index (κ3) is 3.25. The van der Waals surface area contributed by atoms with E-state index >= 15 is 0 Å². The lowest BCUT2D eigenvalue weighted by molar-refractivity contribution is 0.601. The quantitative estimate of drug-likeness (QED) is 0.844. The molecule has 4 nitrogen and oxygen atoms in total. The SMILES string of the molecule is Cc1ncccc1NS(=O)(=O)c1c(Cl)cc(Br)cc1Cl. The first-order valence-corrected chi connectivity index (χ1v) is 8.43. The van der Waals surface area contributed by atoms with E-state index in [1.54, 1.807) is 25.3 Å². The Morgan fingerprint density at radius 2 is 1.85 bits per heavy atom. The van der Waals surface area contributed by atoms with Gasteiger partial charge in [0.1, 0.15) is 4.90 Å². The average Bonchev–Trinajstić information content (AvgIpc) is 2.30. The molecule has 0 aliphatic rings. The smallest absolute Gasteiger partial charge is 0.264 e. The van der Waals surface area contributed by atoms with Crippen LogP contribution in [0, 0.1) is 6.92 Å². The Bertz CT molecular complexity index is 743. The lowest BCUT2D eigenvalue weighted by Crippen LogP contribution is -2.15. The number of pyridine rings is 1. The number of anilines is 1. The van der Waals surface area contributed by atoms with Crippen molar-refractivity contribution in [3.63, 3.8) is 0 Å². The van der Waals surface area contributed by atoms with Gasteiger partial charge in [-0.05, 0) is 31.2 Å². The van der Waals surface area contributed by atoms with Gasteiger partial charge in [0.25, 0.3) is 10.0 Å². The summed E-state index contributed by atoms with van der Waals surface area (Å²) in [5.74, 6) is 0. The van der Waals surface area contributed by atoms with Crippen molar-refractivity contribution in [2.24, 2.45) is 0 Å². The van der Waals surface area contributed by atoms with Crippen LogP contribution >= 0.6 is 39.1 Å². The van der Waals surface area contributed by atoms with E-state index < -0.39 is 10.0 Å². The largest absolute Gasteiger partial charge is 0.278 e. The molecule has 2 aromatic rings. The topological polar surface area (TPSA) is 59.1 Å². The van der Waals surface area contributed by atoms with E-state index in [9.17, 15) is 8.42 Å². The molecule has 0 saturated heterocycles. The molecule has 1 heterocycles. The summed E-state index contributed by atoms with van der Waals surface area (Å²) in [6, 6.07) is 6.19. The minimum Gasteiger partial charge on any atom is -0.278 e. The number of sulfonamides is 1. The zero-order valence-corrected chi connectivity index (χ0v) is 14.1. The summed E-state index contributed by atoms with van der Waals surface area (Å²) in [5.41, 5.74) is 0.933. The number of benzene rings is 1. The van der Waals surface area contributed by atoms with Crippen LogP contribution in [0.2, 0.25) is 10.0 Å². The molecule has 2 rings (SSSR count). The molecule has 1 aromatic heterocycles. The first-order valence-electron chi connectivity index (χ1n) is 5.40. The number of hydrogen-bond donors (Lipinski definition) is 1. The lowest BCUT2D eigenvalue weighted by atomic mass is 10.3. The fourth-order valence-corrected chi connectivity index (χ4v) is 4.63. The van der Waals surface area contributed by atoms with Crippen LogP contribution in [0.5, 0.6) is 0 Å². The fourth-order valence-electron chi connectivity index (χ4n) is 1.57. The van der Waals surface area contributed by atoms with Crippen LogP contribution in [-0.2, 0) is 10.0 Å². The van der Waals surface area contributed by atoms with Crippen molar-refractivity contribution >= 4 is 54.8 Å². The van der Waals surface area contributed by atoms with Gasteiger partial charge in [0.2, 0.25) is 0 Å². The average molecular weight is 396 g/mol. The highest BCUT2D eigenvalue weighted by atomic mass is 79.9. The maximum absolute atomic E-state index is 12.4. The molecule has 0 fully saturated rings. The molecule has 0 radical (unpaired) electrons. The van der Waals surface area contributed by atoms with Gasteiger partial charge in [-0.3, -0.25) is 9.71 Å². The number of hydrogen-bond acceptors (Lipinski definition) is 3. The second kappa shape index (κ2) is 5.89.